The van der Waals surface area contributed by atoms with Gasteiger partial charge in [-0.3, -0.25) is 4.79 Å². The van der Waals surface area contributed by atoms with Gasteiger partial charge < -0.3 is 9.80 Å². The van der Waals surface area contributed by atoms with Gasteiger partial charge in [0, 0.05) is 37.0 Å². The zero-order valence-corrected chi connectivity index (χ0v) is 24.3. The van der Waals surface area contributed by atoms with Crippen molar-refractivity contribution in [2.45, 2.75) is 37.8 Å². The van der Waals surface area contributed by atoms with Crippen molar-refractivity contribution < 1.29 is 22.0 Å². The van der Waals surface area contributed by atoms with Gasteiger partial charge in [-0.2, -0.15) is 4.98 Å². The Morgan fingerprint density at radius 3 is 2.31 bits per heavy atom. The predicted octanol–water partition coefficient (Wildman–Crippen LogP) is 4.05. The Balaban J connectivity index is 1.87. The largest absolute Gasteiger partial charge is 0.355 e. The molecule has 2 aromatic heterocycles. The average Bonchev–Trinajstić information content (AvgIpc) is 2.92. The topological polar surface area (TPSA) is 105 Å². The third-order valence-corrected chi connectivity index (χ3v) is 8.53. The lowest BCUT2D eigenvalue weighted by molar-refractivity contribution is -0.127. The summed E-state index contributed by atoms with van der Waals surface area (Å²) in [6.45, 7) is 9.47. The molecule has 0 radical (unpaired) electrons. The minimum absolute atomic E-state index is 0.0233. The molecule has 0 unspecified atom stereocenters. The van der Waals surface area contributed by atoms with Crippen LogP contribution in [0.25, 0.3) is 28.0 Å². The first-order valence-electron chi connectivity index (χ1n) is 13.2. The van der Waals surface area contributed by atoms with Crippen LogP contribution in [0.4, 0.5) is 14.6 Å². The van der Waals surface area contributed by atoms with Crippen LogP contribution >= 0.6 is 0 Å². The SMILES string of the molecule is C=CC(=O)N1C[C@H](C)N(c2nc(=O)n(-c3c(C)cccc3S(C)(=O)=O)c3nc(-c4ccccc4F)c(F)cc23)[C@@H](C)C1. The summed E-state index contributed by atoms with van der Waals surface area (Å²) in [5.41, 5.74) is -0.946. The van der Waals surface area contributed by atoms with E-state index in [0.717, 1.165) is 16.9 Å². The quantitative estimate of drug-likeness (QED) is 0.322. The Labute approximate surface area is 241 Å². The van der Waals surface area contributed by atoms with Crippen LogP contribution in [0, 0.1) is 18.6 Å². The number of rotatable bonds is 5. The van der Waals surface area contributed by atoms with Crippen molar-refractivity contribution in [3.63, 3.8) is 0 Å². The Hall–Kier alpha value is -4.45. The smallest absolute Gasteiger partial charge is 0.347 e. The maximum Gasteiger partial charge on any atom is 0.355 e. The summed E-state index contributed by atoms with van der Waals surface area (Å²) in [6, 6.07) is 10.5. The Kier molecular flexibility index (Phi) is 7.44. The van der Waals surface area contributed by atoms with Gasteiger partial charge in [-0.05, 0) is 56.7 Å². The van der Waals surface area contributed by atoms with E-state index < -0.39 is 27.2 Å². The summed E-state index contributed by atoms with van der Waals surface area (Å²) in [4.78, 5) is 38.4. The van der Waals surface area contributed by atoms with Crippen molar-refractivity contribution >= 4 is 32.6 Å². The molecule has 2 atom stereocenters. The van der Waals surface area contributed by atoms with Crippen molar-refractivity contribution in [2.24, 2.45) is 0 Å². The van der Waals surface area contributed by atoms with Crippen LogP contribution in [0.2, 0.25) is 0 Å². The van der Waals surface area contributed by atoms with E-state index in [-0.39, 0.29) is 56.7 Å². The summed E-state index contributed by atoms with van der Waals surface area (Å²) in [6.07, 6.45) is 2.25. The Bertz CT molecular complexity index is 1910. The van der Waals surface area contributed by atoms with Gasteiger partial charge in [0.2, 0.25) is 5.91 Å². The van der Waals surface area contributed by atoms with E-state index in [9.17, 15) is 22.4 Å². The molecule has 0 spiro atoms. The Morgan fingerprint density at radius 2 is 1.69 bits per heavy atom. The third-order valence-electron chi connectivity index (χ3n) is 7.40. The number of anilines is 1. The van der Waals surface area contributed by atoms with Crippen molar-refractivity contribution in [3.8, 4) is 16.9 Å². The van der Waals surface area contributed by atoms with E-state index in [1.807, 2.05) is 18.7 Å². The molecule has 0 aliphatic carbocycles. The van der Waals surface area contributed by atoms with Gasteiger partial charge in [-0.1, -0.05) is 30.8 Å². The lowest BCUT2D eigenvalue weighted by Crippen LogP contribution is -2.58. The van der Waals surface area contributed by atoms with E-state index in [4.69, 9.17) is 0 Å². The lowest BCUT2D eigenvalue weighted by Gasteiger charge is -2.45. The van der Waals surface area contributed by atoms with Crippen LogP contribution in [0.1, 0.15) is 19.4 Å². The van der Waals surface area contributed by atoms with E-state index in [1.165, 1.54) is 36.4 Å². The molecule has 2 aromatic carbocycles. The maximum absolute atomic E-state index is 15.8. The molecule has 1 aliphatic heterocycles. The fourth-order valence-corrected chi connectivity index (χ4v) is 6.54. The molecule has 1 amide bonds. The van der Waals surface area contributed by atoms with E-state index in [2.05, 4.69) is 16.5 Å². The van der Waals surface area contributed by atoms with Gasteiger partial charge >= 0.3 is 5.69 Å². The van der Waals surface area contributed by atoms with Gasteiger partial charge in [-0.25, -0.2) is 31.5 Å². The van der Waals surface area contributed by atoms with Gasteiger partial charge in [0.25, 0.3) is 0 Å². The maximum atomic E-state index is 15.8. The number of piperazine rings is 1. The number of benzene rings is 2. The minimum atomic E-state index is -3.84. The van der Waals surface area contributed by atoms with Gasteiger partial charge in [0.05, 0.1) is 16.0 Å². The summed E-state index contributed by atoms with van der Waals surface area (Å²) in [5.74, 6) is -1.69. The highest BCUT2D eigenvalue weighted by molar-refractivity contribution is 7.90. The molecule has 4 aromatic rings. The third kappa shape index (κ3) is 4.95. The first-order chi connectivity index (χ1) is 19.8. The number of aromatic nitrogens is 3. The van der Waals surface area contributed by atoms with E-state index >= 15 is 4.39 Å². The average molecular weight is 594 g/mol. The molecule has 12 heteroatoms. The Morgan fingerprint density at radius 1 is 1.02 bits per heavy atom. The number of nitrogens with zero attached hydrogens (tertiary/aromatic N) is 5. The highest BCUT2D eigenvalue weighted by atomic mass is 32.2. The van der Waals surface area contributed by atoms with Gasteiger partial charge in [0.1, 0.15) is 23.1 Å². The first kappa shape index (κ1) is 29.1. The number of halogens is 2. The van der Waals surface area contributed by atoms with Gasteiger partial charge in [-0.15, -0.1) is 0 Å². The van der Waals surface area contributed by atoms with Crippen LogP contribution < -0.4 is 10.6 Å². The first-order valence-corrected chi connectivity index (χ1v) is 15.1. The van der Waals surface area contributed by atoms with Crippen molar-refractivity contribution in [1.29, 1.82) is 0 Å². The fraction of sp³-hybridized carbons (Fsp3) is 0.267. The zero-order chi connectivity index (χ0) is 30.5. The van der Waals surface area contributed by atoms with Crippen molar-refractivity contribution in [2.75, 3.05) is 24.2 Å². The molecule has 1 saturated heterocycles. The second-order valence-corrected chi connectivity index (χ2v) is 12.5. The number of fused-ring (bicyclic) bond motifs is 1. The number of carbonyl (C=O) groups excluding carboxylic acids is 1. The van der Waals surface area contributed by atoms with Crippen LogP contribution in [0.15, 0.2) is 70.9 Å². The summed E-state index contributed by atoms with van der Waals surface area (Å²) < 4.78 is 57.3. The molecule has 0 bridgehead atoms. The summed E-state index contributed by atoms with van der Waals surface area (Å²) in [5, 5.41) is 0.122. The monoisotopic (exact) mass is 593 g/mol. The number of para-hydroxylation sites is 1. The number of aryl methyl sites for hydroxylation is 1. The zero-order valence-electron chi connectivity index (χ0n) is 23.5. The molecular formula is C30H29F2N5O4S. The van der Waals surface area contributed by atoms with E-state index in [0.29, 0.717) is 18.7 Å². The summed E-state index contributed by atoms with van der Waals surface area (Å²) >= 11 is 0. The highest BCUT2D eigenvalue weighted by Crippen LogP contribution is 2.35. The number of hydrogen-bond donors (Lipinski definition) is 0. The second-order valence-electron chi connectivity index (χ2n) is 10.5. The van der Waals surface area contributed by atoms with Gasteiger partial charge in [0.15, 0.2) is 15.5 Å². The molecule has 0 N–H and O–H groups in total. The van der Waals surface area contributed by atoms with Crippen molar-refractivity contribution in [1.82, 2.24) is 19.4 Å². The highest BCUT2D eigenvalue weighted by Gasteiger charge is 2.34. The summed E-state index contributed by atoms with van der Waals surface area (Å²) in [7, 11) is -3.84. The molecule has 1 fully saturated rings. The normalized spacial score (nSPS) is 17.5. The molecule has 3 heterocycles. The molecule has 9 nitrogen and oxygen atoms in total. The van der Waals surface area contributed by atoms with Crippen LogP contribution in [0.5, 0.6) is 0 Å². The van der Waals surface area contributed by atoms with Crippen molar-refractivity contribution in [3.05, 3.63) is 88.9 Å². The number of carbonyl (C=O) groups is 1. The van der Waals surface area contributed by atoms with Crippen LogP contribution in [-0.2, 0) is 14.6 Å². The molecule has 218 valence electrons. The number of amides is 1. The molecule has 5 rings (SSSR count). The lowest BCUT2D eigenvalue weighted by atomic mass is 10.1. The number of sulfone groups is 1. The molecule has 1 aliphatic rings. The fourth-order valence-electron chi connectivity index (χ4n) is 5.61. The molecule has 42 heavy (non-hydrogen) atoms. The van der Waals surface area contributed by atoms with Crippen LogP contribution in [0.3, 0.4) is 0 Å². The predicted molar refractivity (Wildman–Crippen MR) is 157 cm³/mol. The second kappa shape index (κ2) is 10.8. The molecule has 0 saturated carbocycles. The number of hydrogen-bond acceptors (Lipinski definition) is 7. The molecular weight excluding hydrogens is 564 g/mol. The number of pyridine rings is 1. The minimum Gasteiger partial charge on any atom is -0.347 e. The van der Waals surface area contributed by atoms with E-state index in [1.54, 1.807) is 24.0 Å². The standard InChI is InChI=1S/C30H29F2N5O4S/c1-6-25(38)35-15-18(3)36(19(4)16-35)29-21-14-23(32)26(20-11-7-8-12-22(20)31)33-28(21)37(30(39)34-29)27-17(2)10-9-13-24(27)42(5,40)41/h6-14,18-19H,1,15-16H2,2-5H3/t18-,19-/m0/s1. The van der Waals surface area contributed by atoms with Crippen LogP contribution in [-0.4, -0.2) is 65.2 Å².